The van der Waals surface area contributed by atoms with E-state index in [4.69, 9.17) is 4.74 Å². The molecule has 0 aliphatic rings. The van der Waals surface area contributed by atoms with Gasteiger partial charge in [0, 0.05) is 17.6 Å². The Morgan fingerprint density at radius 2 is 1.63 bits per heavy atom. The summed E-state index contributed by atoms with van der Waals surface area (Å²) >= 11 is 0. The number of amides is 4. The van der Waals surface area contributed by atoms with E-state index in [0.717, 1.165) is 5.56 Å². The van der Waals surface area contributed by atoms with Crippen LogP contribution in [0.4, 0.5) is 21.9 Å². The number of para-hydroxylation sites is 1. The Morgan fingerprint density at radius 3 is 2.30 bits per heavy atom. The van der Waals surface area contributed by atoms with Gasteiger partial charge in [-0.1, -0.05) is 36.4 Å². The van der Waals surface area contributed by atoms with Crippen LogP contribution in [0.5, 0.6) is 5.75 Å². The first-order valence-electron chi connectivity index (χ1n) is 13.2. The molecule has 4 rings (SSSR count). The number of nitrogens with one attached hydrogen (secondary N) is 4. The Bertz CT molecular complexity index is 1610. The molecular formula is C31H30N6O6. The highest BCUT2D eigenvalue weighted by Gasteiger charge is 2.20. The average molecular weight is 583 g/mol. The number of nitrogens with zero attached hydrogens (tertiary/aromatic N) is 2. The normalized spacial score (nSPS) is 11.1. The van der Waals surface area contributed by atoms with E-state index >= 15 is 0 Å². The van der Waals surface area contributed by atoms with Gasteiger partial charge in [0.05, 0.1) is 31.7 Å². The number of aryl methyl sites for hydroxylation is 1. The first kappa shape index (κ1) is 30.2. The molecule has 4 aromatic rings. The summed E-state index contributed by atoms with van der Waals surface area (Å²) in [5.41, 5.74) is 3.79. The van der Waals surface area contributed by atoms with Gasteiger partial charge >= 0.3 is 12.0 Å². The lowest BCUT2D eigenvalue weighted by atomic mass is 10.0. The standard InChI is InChI=1S/C31H30N6O6/c1-19-6-3-4-7-23(19)35-31(42)36-24-14-9-20(16-27(24)43-2)17-28(38)33-22-12-10-21(11-13-22)26(18-29(39)40)34-30(41)25-8-5-15-32-37-25/h3-16,26H,17-18H2,1-2H3,(H,33,38)(H,34,41)(H,39,40)(H2,35,36,42). The number of carbonyl (C=O) groups is 4. The maximum absolute atomic E-state index is 12.8. The monoisotopic (exact) mass is 582 g/mol. The lowest BCUT2D eigenvalue weighted by molar-refractivity contribution is -0.137. The third-order valence-electron chi connectivity index (χ3n) is 6.36. The number of hydrogen-bond donors (Lipinski definition) is 5. The molecule has 0 saturated carbocycles. The number of benzene rings is 3. The highest BCUT2D eigenvalue weighted by atomic mass is 16.5. The summed E-state index contributed by atoms with van der Waals surface area (Å²) in [6, 6.07) is 20.7. The van der Waals surface area contributed by atoms with Gasteiger partial charge in [0.2, 0.25) is 5.91 Å². The third-order valence-corrected chi connectivity index (χ3v) is 6.36. The molecule has 12 heteroatoms. The molecule has 1 atom stereocenters. The first-order valence-corrected chi connectivity index (χ1v) is 13.2. The van der Waals surface area contributed by atoms with Crippen LogP contribution in [-0.4, -0.2) is 46.2 Å². The molecular weight excluding hydrogens is 552 g/mol. The number of hydrogen-bond acceptors (Lipinski definition) is 7. The molecule has 43 heavy (non-hydrogen) atoms. The summed E-state index contributed by atoms with van der Waals surface area (Å²) in [5, 5.41) is 27.8. The van der Waals surface area contributed by atoms with Gasteiger partial charge < -0.3 is 31.1 Å². The fourth-order valence-electron chi connectivity index (χ4n) is 4.21. The molecule has 220 valence electrons. The van der Waals surface area contributed by atoms with Crippen LogP contribution in [0, 0.1) is 6.92 Å². The van der Waals surface area contributed by atoms with Crippen LogP contribution >= 0.6 is 0 Å². The Hall–Kier alpha value is -5.78. The minimum Gasteiger partial charge on any atom is -0.495 e. The quantitative estimate of drug-likeness (QED) is 0.171. The van der Waals surface area contributed by atoms with Crippen LogP contribution in [0.1, 0.15) is 39.6 Å². The molecule has 0 aliphatic heterocycles. The number of urea groups is 1. The number of carboxylic acids is 1. The van der Waals surface area contributed by atoms with Crippen molar-refractivity contribution in [3.63, 3.8) is 0 Å². The van der Waals surface area contributed by atoms with Gasteiger partial charge in [-0.05, 0) is 66.1 Å². The second kappa shape index (κ2) is 14.2. The van der Waals surface area contributed by atoms with Gasteiger partial charge in [0.1, 0.15) is 5.75 Å². The largest absolute Gasteiger partial charge is 0.495 e. The summed E-state index contributed by atoms with van der Waals surface area (Å²) in [5.74, 6) is -1.56. The molecule has 0 bridgehead atoms. The maximum atomic E-state index is 12.8. The average Bonchev–Trinajstić information content (AvgIpc) is 2.99. The van der Waals surface area contributed by atoms with E-state index in [9.17, 15) is 24.3 Å². The zero-order valence-electron chi connectivity index (χ0n) is 23.5. The van der Waals surface area contributed by atoms with Crippen molar-refractivity contribution in [2.75, 3.05) is 23.1 Å². The lowest BCUT2D eigenvalue weighted by Gasteiger charge is -2.17. The summed E-state index contributed by atoms with van der Waals surface area (Å²) < 4.78 is 5.43. The van der Waals surface area contributed by atoms with Crippen LogP contribution in [0.3, 0.4) is 0 Å². The molecule has 4 amide bonds. The van der Waals surface area contributed by atoms with Gasteiger partial charge in [0.15, 0.2) is 5.69 Å². The number of carbonyl (C=O) groups excluding carboxylic acids is 3. The van der Waals surface area contributed by atoms with E-state index in [-0.39, 0.29) is 24.4 Å². The Labute approximate surface area is 247 Å². The van der Waals surface area contributed by atoms with Crippen LogP contribution in [-0.2, 0) is 16.0 Å². The summed E-state index contributed by atoms with van der Waals surface area (Å²) in [7, 11) is 1.47. The molecule has 0 fully saturated rings. The van der Waals surface area contributed by atoms with Crippen molar-refractivity contribution in [2.24, 2.45) is 0 Å². The number of ether oxygens (including phenoxy) is 1. The second-order valence-corrected chi connectivity index (χ2v) is 9.51. The summed E-state index contributed by atoms with van der Waals surface area (Å²) in [4.78, 5) is 49.2. The van der Waals surface area contributed by atoms with Gasteiger partial charge in [-0.3, -0.25) is 14.4 Å². The van der Waals surface area contributed by atoms with Gasteiger partial charge in [-0.2, -0.15) is 5.10 Å². The van der Waals surface area contributed by atoms with Crippen LogP contribution < -0.4 is 26.0 Å². The minimum absolute atomic E-state index is 0.0314. The van der Waals surface area contributed by atoms with Gasteiger partial charge in [0.25, 0.3) is 5.91 Å². The number of methoxy groups -OCH3 is 1. The molecule has 0 saturated heterocycles. The number of rotatable bonds is 11. The maximum Gasteiger partial charge on any atom is 0.323 e. The van der Waals surface area contributed by atoms with Crippen LogP contribution in [0.25, 0.3) is 0 Å². The van der Waals surface area contributed by atoms with E-state index in [1.165, 1.54) is 19.4 Å². The first-order chi connectivity index (χ1) is 20.7. The highest BCUT2D eigenvalue weighted by molar-refractivity contribution is 6.01. The third kappa shape index (κ3) is 8.60. The zero-order valence-corrected chi connectivity index (χ0v) is 23.5. The predicted octanol–water partition coefficient (Wildman–Crippen LogP) is 4.56. The van der Waals surface area contributed by atoms with E-state index < -0.39 is 23.9 Å². The van der Waals surface area contributed by atoms with Crippen molar-refractivity contribution in [1.29, 1.82) is 0 Å². The van der Waals surface area contributed by atoms with Crippen molar-refractivity contribution in [3.05, 3.63) is 107 Å². The van der Waals surface area contributed by atoms with Gasteiger partial charge in [-0.25, -0.2) is 4.79 Å². The molecule has 12 nitrogen and oxygen atoms in total. The fraction of sp³-hybridized carbons (Fsp3) is 0.161. The molecule has 0 radical (unpaired) electrons. The van der Waals surface area contributed by atoms with E-state index in [1.807, 2.05) is 25.1 Å². The number of aromatic nitrogens is 2. The van der Waals surface area contributed by atoms with Crippen molar-refractivity contribution < 1.29 is 29.0 Å². The molecule has 1 unspecified atom stereocenters. The Balaban J connectivity index is 1.36. The van der Waals surface area contributed by atoms with E-state index in [0.29, 0.717) is 33.9 Å². The summed E-state index contributed by atoms with van der Waals surface area (Å²) in [6.45, 7) is 1.89. The smallest absolute Gasteiger partial charge is 0.323 e. The van der Waals surface area contributed by atoms with E-state index in [2.05, 4.69) is 31.5 Å². The Morgan fingerprint density at radius 1 is 0.884 bits per heavy atom. The molecule has 5 N–H and O–H groups in total. The minimum atomic E-state index is -1.09. The van der Waals surface area contributed by atoms with Crippen molar-refractivity contribution in [1.82, 2.24) is 15.5 Å². The summed E-state index contributed by atoms with van der Waals surface area (Å²) in [6.07, 6.45) is 1.11. The molecule has 0 aliphatic carbocycles. The van der Waals surface area contributed by atoms with Crippen molar-refractivity contribution in [3.8, 4) is 5.75 Å². The van der Waals surface area contributed by atoms with Crippen LogP contribution in [0.2, 0.25) is 0 Å². The van der Waals surface area contributed by atoms with Crippen molar-refractivity contribution in [2.45, 2.75) is 25.8 Å². The van der Waals surface area contributed by atoms with Gasteiger partial charge in [-0.15, -0.1) is 5.10 Å². The number of aliphatic carboxylic acids is 1. The zero-order chi connectivity index (χ0) is 30.8. The highest BCUT2D eigenvalue weighted by Crippen LogP contribution is 2.27. The predicted molar refractivity (Wildman–Crippen MR) is 160 cm³/mol. The second-order valence-electron chi connectivity index (χ2n) is 9.51. The Kier molecular flexibility index (Phi) is 9.98. The van der Waals surface area contributed by atoms with E-state index in [1.54, 1.807) is 54.6 Å². The topological polar surface area (TPSA) is 172 Å². The molecule has 0 spiro atoms. The molecule has 1 aromatic heterocycles. The van der Waals surface area contributed by atoms with Crippen molar-refractivity contribution >= 4 is 40.9 Å². The number of carboxylic acid groups (broad SMARTS) is 1. The fourth-order valence-corrected chi connectivity index (χ4v) is 4.21. The number of anilines is 3. The molecule has 1 heterocycles. The lowest BCUT2D eigenvalue weighted by Crippen LogP contribution is -2.31. The molecule has 3 aromatic carbocycles. The SMILES string of the molecule is COc1cc(CC(=O)Nc2ccc(C(CC(=O)O)NC(=O)c3cccnn3)cc2)ccc1NC(=O)Nc1ccccc1C. The van der Waals surface area contributed by atoms with Crippen LogP contribution in [0.15, 0.2) is 85.1 Å².